The van der Waals surface area contributed by atoms with Gasteiger partial charge in [-0.15, -0.1) is 0 Å². The van der Waals surface area contributed by atoms with E-state index in [1.807, 2.05) is 44.2 Å². The average molecular weight is 293 g/mol. The van der Waals surface area contributed by atoms with Gasteiger partial charge in [0.05, 0.1) is 11.6 Å². The van der Waals surface area contributed by atoms with Crippen LogP contribution in [0, 0.1) is 25.2 Å². The number of benzene rings is 2. The molecule has 2 aromatic carbocycles. The van der Waals surface area contributed by atoms with E-state index in [0.717, 1.165) is 22.4 Å². The maximum atomic E-state index is 12.3. The Bertz CT molecular complexity index is 731. The topological polar surface area (TPSA) is 56.1 Å². The van der Waals surface area contributed by atoms with Crippen molar-refractivity contribution in [3.8, 4) is 6.07 Å². The predicted molar refractivity (Wildman–Crippen MR) is 87.6 cm³/mol. The molecule has 4 nitrogen and oxygen atoms in total. The molecule has 2 aromatic rings. The molecule has 0 aliphatic rings. The summed E-state index contributed by atoms with van der Waals surface area (Å²) in [6.07, 6.45) is 0. The molecule has 0 fully saturated rings. The van der Waals surface area contributed by atoms with Crippen molar-refractivity contribution in [2.24, 2.45) is 0 Å². The van der Waals surface area contributed by atoms with Gasteiger partial charge in [-0.2, -0.15) is 5.26 Å². The highest BCUT2D eigenvalue weighted by atomic mass is 16.2. The van der Waals surface area contributed by atoms with E-state index >= 15 is 0 Å². The minimum Gasteiger partial charge on any atom is -0.323 e. The summed E-state index contributed by atoms with van der Waals surface area (Å²) in [4.78, 5) is 13.9. The van der Waals surface area contributed by atoms with E-state index in [1.54, 1.807) is 24.1 Å². The summed E-state index contributed by atoms with van der Waals surface area (Å²) in [6.45, 7) is 4.41. The van der Waals surface area contributed by atoms with Crippen molar-refractivity contribution >= 4 is 11.7 Å². The van der Waals surface area contributed by atoms with Crippen LogP contribution in [0.5, 0.6) is 0 Å². The smallest absolute Gasteiger partial charge is 0.321 e. The van der Waals surface area contributed by atoms with Crippen molar-refractivity contribution in [2.75, 3.05) is 12.4 Å². The summed E-state index contributed by atoms with van der Waals surface area (Å²) in [7, 11) is 1.74. The molecule has 0 saturated heterocycles. The first-order chi connectivity index (χ1) is 10.5. The summed E-state index contributed by atoms with van der Waals surface area (Å²) in [5.41, 5.74) is 4.48. The van der Waals surface area contributed by atoms with Crippen molar-refractivity contribution in [3.63, 3.8) is 0 Å². The minimum atomic E-state index is -0.170. The number of nitrogens with one attached hydrogen (secondary N) is 1. The molecule has 2 rings (SSSR count). The molecule has 0 radical (unpaired) electrons. The normalized spacial score (nSPS) is 9.91. The molecule has 0 aromatic heterocycles. The van der Waals surface area contributed by atoms with Gasteiger partial charge in [0.15, 0.2) is 0 Å². The summed E-state index contributed by atoms with van der Waals surface area (Å²) >= 11 is 0. The quantitative estimate of drug-likeness (QED) is 0.934. The lowest BCUT2D eigenvalue weighted by molar-refractivity contribution is 0.220. The van der Waals surface area contributed by atoms with Crippen LogP contribution in [-0.2, 0) is 6.54 Å². The Morgan fingerprint density at radius 1 is 1.23 bits per heavy atom. The van der Waals surface area contributed by atoms with E-state index in [4.69, 9.17) is 5.26 Å². The fraction of sp³-hybridized carbons (Fsp3) is 0.222. The van der Waals surface area contributed by atoms with Crippen LogP contribution in [-0.4, -0.2) is 18.0 Å². The van der Waals surface area contributed by atoms with Crippen LogP contribution in [0.15, 0.2) is 42.5 Å². The monoisotopic (exact) mass is 293 g/mol. The summed E-state index contributed by atoms with van der Waals surface area (Å²) in [6, 6.07) is 15.2. The lowest BCUT2D eigenvalue weighted by atomic mass is 10.1. The number of nitrogens with zero attached hydrogens (tertiary/aromatic N) is 2. The molecule has 0 atom stereocenters. The molecule has 22 heavy (non-hydrogen) atoms. The third kappa shape index (κ3) is 3.86. The second kappa shape index (κ2) is 6.77. The van der Waals surface area contributed by atoms with Gasteiger partial charge >= 0.3 is 6.03 Å². The number of rotatable bonds is 3. The van der Waals surface area contributed by atoms with Crippen LogP contribution >= 0.6 is 0 Å². The maximum Gasteiger partial charge on any atom is 0.321 e. The van der Waals surface area contributed by atoms with Gasteiger partial charge in [0.1, 0.15) is 0 Å². The van der Waals surface area contributed by atoms with Gasteiger partial charge in [0.25, 0.3) is 0 Å². The Morgan fingerprint density at radius 2 is 2.00 bits per heavy atom. The molecular formula is C18H19N3O. The molecule has 0 saturated carbocycles. The third-order valence-corrected chi connectivity index (χ3v) is 3.46. The van der Waals surface area contributed by atoms with E-state index in [0.29, 0.717) is 12.1 Å². The summed E-state index contributed by atoms with van der Waals surface area (Å²) in [5.74, 6) is 0. The number of nitriles is 1. The predicted octanol–water partition coefficient (Wildman–Crippen LogP) is 3.84. The second-order valence-corrected chi connectivity index (χ2v) is 5.42. The molecule has 1 N–H and O–H groups in total. The van der Waals surface area contributed by atoms with Crippen molar-refractivity contribution in [3.05, 3.63) is 64.7 Å². The fourth-order valence-electron chi connectivity index (χ4n) is 2.17. The van der Waals surface area contributed by atoms with Crippen molar-refractivity contribution in [2.45, 2.75) is 20.4 Å². The standard InChI is InChI=1S/C18H19N3O/c1-13-7-8-14(2)17(9-13)20-18(22)21(3)12-16-6-4-5-15(10-16)11-19/h4-10H,12H2,1-3H3,(H,20,22). The highest BCUT2D eigenvalue weighted by Gasteiger charge is 2.11. The van der Waals surface area contributed by atoms with Gasteiger partial charge in [-0.05, 0) is 48.7 Å². The number of carbonyl (C=O) groups is 1. The zero-order valence-corrected chi connectivity index (χ0v) is 13.1. The number of aryl methyl sites for hydroxylation is 2. The number of hydrogen-bond donors (Lipinski definition) is 1. The molecule has 0 aliphatic carbocycles. The first kappa shape index (κ1) is 15.6. The number of hydrogen-bond acceptors (Lipinski definition) is 2. The summed E-state index contributed by atoms with van der Waals surface area (Å²) in [5, 5.41) is 11.8. The van der Waals surface area contributed by atoms with Gasteiger partial charge in [0, 0.05) is 19.3 Å². The molecule has 0 bridgehead atoms. The first-order valence-corrected chi connectivity index (χ1v) is 7.08. The molecular weight excluding hydrogens is 274 g/mol. The van der Waals surface area contributed by atoms with Crippen LogP contribution in [0.3, 0.4) is 0 Å². The Labute approximate surface area is 131 Å². The first-order valence-electron chi connectivity index (χ1n) is 7.08. The largest absolute Gasteiger partial charge is 0.323 e. The van der Waals surface area contributed by atoms with Gasteiger partial charge < -0.3 is 10.2 Å². The van der Waals surface area contributed by atoms with E-state index in [1.165, 1.54) is 0 Å². The van der Waals surface area contributed by atoms with E-state index in [9.17, 15) is 4.79 Å². The van der Waals surface area contributed by atoms with E-state index in [-0.39, 0.29) is 6.03 Å². The average Bonchev–Trinajstić information content (AvgIpc) is 2.51. The third-order valence-electron chi connectivity index (χ3n) is 3.46. The fourth-order valence-corrected chi connectivity index (χ4v) is 2.17. The Morgan fingerprint density at radius 3 is 2.73 bits per heavy atom. The molecule has 0 aliphatic heterocycles. The minimum absolute atomic E-state index is 0.170. The lowest BCUT2D eigenvalue weighted by Crippen LogP contribution is -2.31. The molecule has 4 heteroatoms. The molecule has 0 spiro atoms. The van der Waals surface area contributed by atoms with Gasteiger partial charge in [0.2, 0.25) is 0 Å². The van der Waals surface area contributed by atoms with Crippen molar-refractivity contribution < 1.29 is 4.79 Å². The number of urea groups is 1. The van der Waals surface area contributed by atoms with E-state index < -0.39 is 0 Å². The molecule has 2 amide bonds. The Hall–Kier alpha value is -2.80. The van der Waals surface area contributed by atoms with E-state index in [2.05, 4.69) is 11.4 Å². The Kier molecular flexibility index (Phi) is 4.80. The van der Waals surface area contributed by atoms with Crippen LogP contribution in [0.2, 0.25) is 0 Å². The van der Waals surface area contributed by atoms with Crippen molar-refractivity contribution in [1.82, 2.24) is 4.90 Å². The zero-order chi connectivity index (χ0) is 16.1. The van der Waals surface area contributed by atoms with Crippen LogP contribution in [0.1, 0.15) is 22.3 Å². The highest BCUT2D eigenvalue weighted by molar-refractivity contribution is 5.90. The molecule has 0 heterocycles. The molecule has 0 unspecified atom stereocenters. The molecule has 112 valence electrons. The van der Waals surface area contributed by atoms with Gasteiger partial charge in [-0.1, -0.05) is 24.3 Å². The number of amides is 2. The highest BCUT2D eigenvalue weighted by Crippen LogP contribution is 2.17. The van der Waals surface area contributed by atoms with Gasteiger partial charge in [-0.3, -0.25) is 0 Å². The Balaban J connectivity index is 2.06. The SMILES string of the molecule is Cc1ccc(C)c(NC(=O)N(C)Cc2cccc(C#N)c2)c1. The zero-order valence-electron chi connectivity index (χ0n) is 13.1. The van der Waals surface area contributed by atoms with Gasteiger partial charge in [-0.25, -0.2) is 4.79 Å². The lowest BCUT2D eigenvalue weighted by Gasteiger charge is -2.19. The van der Waals surface area contributed by atoms with Crippen LogP contribution in [0.4, 0.5) is 10.5 Å². The number of anilines is 1. The second-order valence-electron chi connectivity index (χ2n) is 5.42. The van der Waals surface area contributed by atoms with Crippen LogP contribution in [0.25, 0.3) is 0 Å². The number of carbonyl (C=O) groups excluding carboxylic acids is 1. The summed E-state index contributed by atoms with van der Waals surface area (Å²) < 4.78 is 0. The van der Waals surface area contributed by atoms with Crippen LogP contribution < -0.4 is 5.32 Å². The maximum absolute atomic E-state index is 12.3. The van der Waals surface area contributed by atoms with Crippen molar-refractivity contribution in [1.29, 1.82) is 5.26 Å².